The maximum Gasteiger partial charge on any atom is 0.272 e. The molecule has 1 aromatic rings. The van der Waals surface area contributed by atoms with Crippen molar-refractivity contribution >= 4 is 17.5 Å². The van der Waals surface area contributed by atoms with Crippen LogP contribution in [0.4, 0.5) is 0 Å². The molecule has 0 radical (unpaired) electrons. The van der Waals surface area contributed by atoms with E-state index >= 15 is 0 Å². The predicted molar refractivity (Wildman–Crippen MR) is 62.0 cm³/mol. The van der Waals surface area contributed by atoms with Crippen LogP contribution in [0.25, 0.3) is 0 Å². The number of pyridine rings is 1. The molecule has 1 atom stereocenters. The van der Waals surface area contributed by atoms with Crippen molar-refractivity contribution in [2.24, 2.45) is 0 Å². The van der Waals surface area contributed by atoms with Crippen LogP contribution in [0.2, 0.25) is 5.02 Å². The molecule has 2 heterocycles. The smallest absolute Gasteiger partial charge is 0.272 e. The molecule has 1 aromatic heterocycles. The fourth-order valence-electron chi connectivity index (χ4n) is 1.70. The van der Waals surface area contributed by atoms with Gasteiger partial charge in [-0.2, -0.15) is 0 Å². The van der Waals surface area contributed by atoms with Crippen LogP contribution in [-0.4, -0.2) is 53.3 Å². The molecule has 0 spiro atoms. The first-order valence-electron chi connectivity index (χ1n) is 5.34. The maximum absolute atomic E-state index is 12.1. The summed E-state index contributed by atoms with van der Waals surface area (Å²) in [5, 5.41) is 9.49. The lowest BCUT2D eigenvalue weighted by atomic mass is 10.2. The lowest BCUT2D eigenvalue weighted by molar-refractivity contribution is -0.0448. The zero-order valence-corrected chi connectivity index (χ0v) is 9.93. The summed E-state index contributed by atoms with van der Waals surface area (Å²) in [6.45, 7) is 1.22. The molecule has 0 bridgehead atoms. The molecule has 5 nitrogen and oxygen atoms in total. The lowest BCUT2D eigenvalue weighted by Crippen LogP contribution is -2.47. The third-order valence-electron chi connectivity index (χ3n) is 2.57. The first kappa shape index (κ1) is 12.3. The highest BCUT2D eigenvalue weighted by Crippen LogP contribution is 2.12. The summed E-state index contributed by atoms with van der Waals surface area (Å²) in [7, 11) is 0. The molecule has 17 heavy (non-hydrogen) atoms. The van der Waals surface area contributed by atoms with Gasteiger partial charge in [-0.05, 0) is 12.1 Å². The number of hydrogen-bond donors (Lipinski definition) is 1. The molecule has 1 N–H and O–H groups in total. The largest absolute Gasteiger partial charge is 0.394 e. The number of nitrogens with zero attached hydrogens (tertiary/aromatic N) is 2. The molecule has 2 rings (SSSR count). The minimum absolute atomic E-state index is 0.0905. The number of aromatic nitrogens is 1. The van der Waals surface area contributed by atoms with Gasteiger partial charge >= 0.3 is 0 Å². The second kappa shape index (κ2) is 5.44. The number of hydrogen-bond acceptors (Lipinski definition) is 4. The van der Waals surface area contributed by atoms with E-state index in [1.807, 2.05) is 0 Å². The summed E-state index contributed by atoms with van der Waals surface area (Å²) in [4.78, 5) is 17.7. The Morgan fingerprint density at radius 2 is 2.53 bits per heavy atom. The van der Waals surface area contributed by atoms with E-state index < -0.39 is 0 Å². The molecule has 0 saturated carbocycles. The van der Waals surface area contributed by atoms with Crippen LogP contribution in [0.1, 0.15) is 10.5 Å². The molecule has 1 aliphatic heterocycles. The molecule has 0 aromatic carbocycles. The molecule has 1 fully saturated rings. The van der Waals surface area contributed by atoms with E-state index in [0.717, 1.165) is 0 Å². The van der Waals surface area contributed by atoms with Crippen molar-refractivity contribution in [3.63, 3.8) is 0 Å². The van der Waals surface area contributed by atoms with Crippen LogP contribution in [-0.2, 0) is 4.74 Å². The highest BCUT2D eigenvalue weighted by atomic mass is 35.5. The van der Waals surface area contributed by atoms with Crippen LogP contribution in [0.15, 0.2) is 18.3 Å². The number of carbonyl (C=O) groups excluding carboxylic acids is 1. The molecular formula is C11H13ClN2O3. The topological polar surface area (TPSA) is 62.7 Å². The molecule has 1 aliphatic rings. The first-order valence-corrected chi connectivity index (χ1v) is 5.72. The van der Waals surface area contributed by atoms with Gasteiger partial charge < -0.3 is 14.7 Å². The minimum atomic E-state index is -0.313. The molecule has 1 unspecified atom stereocenters. The van der Waals surface area contributed by atoms with E-state index in [1.54, 1.807) is 11.0 Å². The number of morpholine rings is 1. The van der Waals surface area contributed by atoms with Crippen LogP contribution in [0.5, 0.6) is 0 Å². The van der Waals surface area contributed by atoms with Crippen LogP contribution >= 0.6 is 11.6 Å². The summed E-state index contributed by atoms with van der Waals surface area (Å²) < 4.78 is 5.28. The summed E-state index contributed by atoms with van der Waals surface area (Å²) in [5.74, 6) is -0.186. The number of carbonyl (C=O) groups is 1. The van der Waals surface area contributed by atoms with Gasteiger partial charge in [-0.3, -0.25) is 9.78 Å². The standard InChI is InChI=1S/C11H13ClN2O3/c12-8-1-2-13-10(5-8)11(16)14-3-4-17-9(6-14)7-15/h1-2,5,9,15H,3-4,6-7H2. The number of aliphatic hydroxyl groups excluding tert-OH is 1. The van der Waals surface area contributed by atoms with Gasteiger partial charge in [-0.15, -0.1) is 0 Å². The Balaban J connectivity index is 2.09. The average molecular weight is 257 g/mol. The predicted octanol–water partition coefficient (Wildman–Crippen LogP) is 0.568. The second-order valence-electron chi connectivity index (χ2n) is 3.79. The third-order valence-corrected chi connectivity index (χ3v) is 2.81. The van der Waals surface area contributed by atoms with Gasteiger partial charge in [0.05, 0.1) is 19.3 Å². The van der Waals surface area contributed by atoms with Gasteiger partial charge in [-0.25, -0.2) is 0 Å². The quantitative estimate of drug-likeness (QED) is 0.840. The van der Waals surface area contributed by atoms with Crippen LogP contribution in [0.3, 0.4) is 0 Å². The second-order valence-corrected chi connectivity index (χ2v) is 4.22. The van der Waals surface area contributed by atoms with Crippen molar-refractivity contribution in [2.45, 2.75) is 6.10 Å². The van der Waals surface area contributed by atoms with Gasteiger partial charge in [-0.1, -0.05) is 11.6 Å². The number of halogens is 1. The Bertz CT molecular complexity index is 413. The highest BCUT2D eigenvalue weighted by Gasteiger charge is 2.25. The summed E-state index contributed by atoms with van der Waals surface area (Å²) in [6.07, 6.45) is 1.19. The number of aliphatic hydroxyl groups is 1. The van der Waals surface area contributed by atoms with Crippen molar-refractivity contribution in [2.75, 3.05) is 26.3 Å². The highest BCUT2D eigenvalue weighted by molar-refractivity contribution is 6.30. The molecule has 1 amide bonds. The average Bonchev–Trinajstić information content (AvgIpc) is 2.38. The first-order chi connectivity index (χ1) is 8.20. The van der Waals surface area contributed by atoms with Crippen molar-refractivity contribution in [3.8, 4) is 0 Å². The molecule has 0 aliphatic carbocycles. The van der Waals surface area contributed by atoms with Crippen LogP contribution < -0.4 is 0 Å². The third kappa shape index (κ3) is 2.94. The van der Waals surface area contributed by atoms with E-state index in [0.29, 0.717) is 30.4 Å². The maximum atomic E-state index is 12.1. The molecule has 6 heteroatoms. The SMILES string of the molecule is O=C(c1cc(Cl)ccn1)N1CCOC(CO)C1. The van der Waals surface area contributed by atoms with E-state index in [-0.39, 0.29) is 18.6 Å². The summed E-state index contributed by atoms with van der Waals surface area (Å²) in [6, 6.07) is 3.15. The van der Waals surface area contributed by atoms with E-state index in [9.17, 15) is 4.79 Å². The number of amides is 1. The Morgan fingerprint density at radius 1 is 1.71 bits per heavy atom. The Kier molecular flexibility index (Phi) is 3.93. The van der Waals surface area contributed by atoms with Crippen molar-refractivity contribution in [3.05, 3.63) is 29.0 Å². The summed E-state index contributed by atoms with van der Waals surface area (Å²) in [5.41, 5.74) is 0.316. The summed E-state index contributed by atoms with van der Waals surface area (Å²) >= 11 is 5.81. The van der Waals surface area contributed by atoms with Crippen LogP contribution in [0, 0.1) is 0 Å². The van der Waals surface area contributed by atoms with Gasteiger partial charge in [0, 0.05) is 24.3 Å². The molecule has 92 valence electrons. The van der Waals surface area contributed by atoms with Gasteiger partial charge in [0.2, 0.25) is 0 Å². The minimum Gasteiger partial charge on any atom is -0.394 e. The van der Waals surface area contributed by atoms with Crippen molar-refractivity contribution in [1.29, 1.82) is 0 Å². The number of rotatable bonds is 2. The van der Waals surface area contributed by atoms with Gasteiger partial charge in [0.15, 0.2) is 0 Å². The fraction of sp³-hybridized carbons (Fsp3) is 0.455. The van der Waals surface area contributed by atoms with Crippen molar-refractivity contribution < 1.29 is 14.6 Å². The Morgan fingerprint density at radius 3 is 3.24 bits per heavy atom. The van der Waals surface area contributed by atoms with Gasteiger partial charge in [0.1, 0.15) is 5.69 Å². The van der Waals surface area contributed by atoms with E-state index in [2.05, 4.69) is 4.98 Å². The normalized spacial score (nSPS) is 20.4. The van der Waals surface area contributed by atoms with Gasteiger partial charge in [0.25, 0.3) is 5.91 Å². The van der Waals surface area contributed by atoms with E-state index in [4.69, 9.17) is 21.4 Å². The lowest BCUT2D eigenvalue weighted by Gasteiger charge is -2.31. The zero-order chi connectivity index (χ0) is 12.3. The number of ether oxygens (including phenoxy) is 1. The monoisotopic (exact) mass is 256 g/mol. The molecule has 1 saturated heterocycles. The molecular weight excluding hydrogens is 244 g/mol. The van der Waals surface area contributed by atoms with Crippen molar-refractivity contribution in [1.82, 2.24) is 9.88 Å². The zero-order valence-electron chi connectivity index (χ0n) is 9.17. The Labute approximate surface area is 104 Å². The Hall–Kier alpha value is -1.17. The fourth-order valence-corrected chi connectivity index (χ4v) is 1.86. The van der Waals surface area contributed by atoms with E-state index in [1.165, 1.54) is 12.3 Å².